The number of nitrogens with one attached hydrogen (secondary N) is 2. The smallest absolute Gasteiger partial charge is 0.322 e. The van der Waals surface area contributed by atoms with Crippen molar-refractivity contribution in [2.45, 2.75) is 19.3 Å². The van der Waals surface area contributed by atoms with Gasteiger partial charge in [0, 0.05) is 41.8 Å². The molecule has 11 heteroatoms. The second kappa shape index (κ2) is 8.39. The first-order chi connectivity index (χ1) is 17.0. The van der Waals surface area contributed by atoms with Crippen molar-refractivity contribution >= 4 is 34.2 Å². The normalized spacial score (nSPS) is 16.1. The number of nitrogens with zero attached hydrogens (tertiary/aromatic N) is 6. The van der Waals surface area contributed by atoms with E-state index in [0.717, 1.165) is 35.2 Å². The average molecular weight is 489 g/mol. The molecule has 4 heterocycles. The average Bonchev–Trinajstić information content (AvgIpc) is 3.48. The van der Waals surface area contributed by atoms with Crippen LogP contribution < -0.4 is 5.32 Å². The number of aromatic amines is 1. The first-order valence-electron chi connectivity index (χ1n) is 11.2. The van der Waals surface area contributed by atoms with Crippen LogP contribution in [0.5, 0.6) is 0 Å². The van der Waals surface area contributed by atoms with Crippen molar-refractivity contribution < 1.29 is 9.90 Å². The largest absolute Gasteiger partial charge is 0.374 e. The lowest BCUT2D eigenvalue weighted by Gasteiger charge is -2.29. The fraction of sp³-hybridized carbons (Fsp3) is 0.250. The van der Waals surface area contributed by atoms with E-state index in [1.165, 1.54) is 0 Å². The Kier molecular flexibility index (Phi) is 5.18. The number of rotatable bonds is 4. The predicted octanol–water partition coefficient (Wildman–Crippen LogP) is 3.31. The summed E-state index contributed by atoms with van der Waals surface area (Å²) in [4.78, 5) is 16.7. The van der Waals surface area contributed by atoms with Gasteiger partial charge in [0.05, 0.1) is 52.8 Å². The molecule has 0 saturated carbocycles. The molecule has 2 aromatic carbocycles. The van der Waals surface area contributed by atoms with E-state index >= 15 is 0 Å². The molecule has 1 unspecified atom stereocenters. The summed E-state index contributed by atoms with van der Waals surface area (Å²) in [5, 5.41) is 36.2. The number of urea groups is 1. The van der Waals surface area contributed by atoms with E-state index in [-0.39, 0.29) is 6.03 Å². The van der Waals surface area contributed by atoms with Crippen LogP contribution in [-0.2, 0) is 13.1 Å². The van der Waals surface area contributed by atoms with Gasteiger partial charge >= 0.3 is 6.03 Å². The van der Waals surface area contributed by atoms with E-state index < -0.39 is 6.23 Å². The van der Waals surface area contributed by atoms with E-state index in [2.05, 4.69) is 21.6 Å². The number of anilines is 1. The summed E-state index contributed by atoms with van der Waals surface area (Å²) in [5.74, 6) is 0. The molecule has 1 fully saturated rings. The maximum atomic E-state index is 13.0. The maximum absolute atomic E-state index is 13.0. The number of benzene rings is 2. The highest BCUT2D eigenvalue weighted by Crippen LogP contribution is 2.38. The maximum Gasteiger partial charge on any atom is 0.322 e. The second-order valence-corrected chi connectivity index (χ2v) is 9.08. The zero-order valence-electron chi connectivity index (χ0n) is 18.6. The van der Waals surface area contributed by atoms with Gasteiger partial charge < -0.3 is 15.3 Å². The van der Waals surface area contributed by atoms with Crippen molar-refractivity contribution in [3.63, 3.8) is 0 Å². The van der Waals surface area contributed by atoms with Crippen molar-refractivity contribution in [1.82, 2.24) is 29.8 Å². The van der Waals surface area contributed by atoms with E-state index in [1.54, 1.807) is 35.4 Å². The van der Waals surface area contributed by atoms with E-state index in [1.807, 2.05) is 21.7 Å². The van der Waals surface area contributed by atoms with Gasteiger partial charge in [-0.2, -0.15) is 15.5 Å². The Morgan fingerprint density at radius 1 is 1.20 bits per heavy atom. The number of carbonyl (C=O) groups is 1. The van der Waals surface area contributed by atoms with Crippen LogP contribution in [0.3, 0.4) is 0 Å². The number of aliphatic hydroxyl groups excluding tert-OH is 1. The summed E-state index contributed by atoms with van der Waals surface area (Å²) < 4.78 is 1.87. The minimum absolute atomic E-state index is 0.251. The molecule has 35 heavy (non-hydrogen) atoms. The summed E-state index contributed by atoms with van der Waals surface area (Å²) in [6.45, 7) is 2.87. The van der Waals surface area contributed by atoms with Crippen molar-refractivity contribution in [3.05, 3.63) is 64.4 Å². The summed E-state index contributed by atoms with van der Waals surface area (Å²) in [6.07, 6.45) is 0.880. The monoisotopic (exact) mass is 488 g/mol. The molecular weight excluding hydrogens is 468 g/mol. The molecule has 0 radical (unpaired) electrons. The summed E-state index contributed by atoms with van der Waals surface area (Å²) in [7, 11) is 0. The molecule has 4 aromatic rings. The van der Waals surface area contributed by atoms with Gasteiger partial charge in [-0.1, -0.05) is 11.6 Å². The molecule has 2 amide bonds. The Bertz CT molecular complexity index is 1480. The Labute approximate surface area is 205 Å². The van der Waals surface area contributed by atoms with Crippen molar-refractivity contribution in [2.24, 2.45) is 0 Å². The number of H-pyrrole nitrogens is 1. The molecule has 2 aliphatic rings. The quantitative estimate of drug-likeness (QED) is 0.378. The molecule has 3 N–H and O–H groups in total. The third-order valence-corrected chi connectivity index (χ3v) is 6.73. The molecule has 6 rings (SSSR count). The molecule has 1 saturated heterocycles. The highest BCUT2D eigenvalue weighted by Gasteiger charge is 2.36. The van der Waals surface area contributed by atoms with Crippen LogP contribution in [0.2, 0.25) is 5.02 Å². The zero-order chi connectivity index (χ0) is 24.1. The third kappa shape index (κ3) is 3.89. The van der Waals surface area contributed by atoms with Crippen LogP contribution in [0, 0.1) is 11.3 Å². The van der Waals surface area contributed by atoms with Crippen LogP contribution in [0.25, 0.3) is 22.2 Å². The van der Waals surface area contributed by atoms with Gasteiger partial charge in [-0.05, 0) is 36.4 Å². The van der Waals surface area contributed by atoms with Gasteiger partial charge in [-0.3, -0.25) is 14.7 Å². The minimum Gasteiger partial charge on any atom is -0.374 e. The fourth-order valence-electron chi connectivity index (χ4n) is 4.46. The van der Waals surface area contributed by atoms with E-state index in [9.17, 15) is 9.90 Å². The summed E-state index contributed by atoms with van der Waals surface area (Å²) in [5.41, 5.74) is 4.81. The first kappa shape index (κ1) is 21.6. The number of carbonyl (C=O) groups excluding carboxylic acids is 1. The van der Waals surface area contributed by atoms with Gasteiger partial charge in [0.2, 0.25) is 0 Å². The Morgan fingerprint density at radius 3 is 2.74 bits per heavy atom. The third-order valence-electron chi connectivity index (χ3n) is 6.43. The van der Waals surface area contributed by atoms with Crippen molar-refractivity contribution in [2.75, 3.05) is 25.0 Å². The Morgan fingerprint density at radius 2 is 2.00 bits per heavy atom. The number of halogens is 1. The Balaban J connectivity index is 1.34. The number of nitriles is 1. The minimum atomic E-state index is -0.825. The predicted molar refractivity (Wildman–Crippen MR) is 129 cm³/mol. The van der Waals surface area contributed by atoms with Crippen molar-refractivity contribution in [3.8, 4) is 17.3 Å². The van der Waals surface area contributed by atoms with E-state index in [4.69, 9.17) is 22.0 Å². The molecule has 1 atom stereocenters. The van der Waals surface area contributed by atoms with Gasteiger partial charge in [0.15, 0.2) is 0 Å². The first-order valence-corrected chi connectivity index (χ1v) is 11.6. The fourth-order valence-corrected chi connectivity index (χ4v) is 4.73. The molecule has 10 nitrogen and oxygen atoms in total. The number of hydrogen-bond acceptors (Lipinski definition) is 6. The lowest BCUT2D eigenvalue weighted by Crippen LogP contribution is -2.41. The van der Waals surface area contributed by atoms with Crippen LogP contribution >= 0.6 is 11.6 Å². The van der Waals surface area contributed by atoms with Crippen molar-refractivity contribution in [1.29, 1.82) is 5.26 Å². The number of fused-ring (bicyclic) bond motifs is 2. The Hall–Kier alpha value is -3.91. The van der Waals surface area contributed by atoms with Crippen LogP contribution in [0.4, 0.5) is 10.5 Å². The number of aliphatic hydroxyl groups is 1. The summed E-state index contributed by atoms with van der Waals surface area (Å²) >= 11 is 6.49. The SMILES string of the molecule is N#Cc1ccc(NC(=O)N2CCn3nc(-c4cc(Cl)c5[nH]ncc5c4)c(C(O)N4CC4)c3C2)cc1. The molecule has 0 spiro atoms. The molecule has 176 valence electrons. The van der Waals surface area contributed by atoms with Gasteiger partial charge in [-0.25, -0.2) is 4.79 Å². The van der Waals surface area contributed by atoms with Gasteiger partial charge in [0.1, 0.15) is 6.23 Å². The van der Waals surface area contributed by atoms with Gasteiger partial charge in [0.25, 0.3) is 0 Å². The topological polar surface area (TPSA) is 126 Å². The molecular formula is C24H21ClN8O2. The standard InChI is InChI=1S/C24H21ClN8O2/c25-18-10-15(9-16-12-27-29-21(16)18)22-20(23(34)31-5-6-31)19-13-32(7-8-33(19)30-22)24(35)28-17-3-1-14(11-26)2-4-17/h1-4,9-10,12,23,34H,5-8,13H2,(H,27,29)(H,28,35). The highest BCUT2D eigenvalue weighted by atomic mass is 35.5. The lowest BCUT2D eigenvalue weighted by molar-refractivity contribution is 0.0788. The molecule has 0 bridgehead atoms. The zero-order valence-corrected chi connectivity index (χ0v) is 19.3. The molecule has 2 aromatic heterocycles. The molecule has 2 aliphatic heterocycles. The van der Waals surface area contributed by atoms with Crippen LogP contribution in [0.15, 0.2) is 42.6 Å². The highest BCUT2D eigenvalue weighted by molar-refractivity contribution is 6.35. The summed E-state index contributed by atoms with van der Waals surface area (Å²) in [6, 6.07) is 12.3. The number of hydrogen-bond donors (Lipinski definition) is 3. The second-order valence-electron chi connectivity index (χ2n) is 8.67. The van der Waals surface area contributed by atoms with Crippen LogP contribution in [-0.4, -0.2) is 60.5 Å². The van der Waals surface area contributed by atoms with Gasteiger partial charge in [-0.15, -0.1) is 0 Å². The number of amides is 2. The van der Waals surface area contributed by atoms with Crippen LogP contribution in [0.1, 0.15) is 23.0 Å². The number of aromatic nitrogens is 4. The lowest BCUT2D eigenvalue weighted by atomic mass is 10.0. The van der Waals surface area contributed by atoms with E-state index in [0.29, 0.717) is 47.2 Å². The molecule has 0 aliphatic carbocycles.